The minimum absolute atomic E-state index is 0.236. The van der Waals surface area contributed by atoms with E-state index in [1.165, 1.54) is 7.11 Å². The number of nitrogens with zero attached hydrogens (tertiary/aromatic N) is 2. The molecule has 2 fully saturated rings. The van der Waals surface area contributed by atoms with E-state index in [-0.39, 0.29) is 17.4 Å². The van der Waals surface area contributed by atoms with Crippen molar-refractivity contribution in [3.8, 4) is 0 Å². The second-order valence-electron chi connectivity index (χ2n) is 6.06. The molecule has 1 unspecified atom stereocenters. The molecule has 2 amide bonds. The van der Waals surface area contributed by atoms with Gasteiger partial charge in [-0.05, 0) is 25.8 Å². The minimum atomic E-state index is -0.301. The molecule has 0 spiro atoms. The zero-order chi connectivity index (χ0) is 15.3. The average Bonchev–Trinajstić information content (AvgIpc) is 2.54. The maximum Gasteiger partial charge on any atom is 0.409 e. The number of amides is 2. The van der Waals surface area contributed by atoms with E-state index < -0.39 is 0 Å². The van der Waals surface area contributed by atoms with Gasteiger partial charge in [-0.25, -0.2) is 4.79 Å². The number of methoxy groups -OCH3 is 1. The third-order valence-electron chi connectivity index (χ3n) is 4.65. The summed E-state index contributed by atoms with van der Waals surface area (Å²) in [6.07, 6.45) is 3.70. The quantitative estimate of drug-likeness (QED) is 0.846. The van der Waals surface area contributed by atoms with Gasteiger partial charge in [-0.2, -0.15) is 0 Å². The first-order valence-corrected chi connectivity index (χ1v) is 7.96. The van der Waals surface area contributed by atoms with E-state index in [1.54, 1.807) is 4.90 Å². The fourth-order valence-corrected chi connectivity index (χ4v) is 3.51. The van der Waals surface area contributed by atoms with E-state index >= 15 is 0 Å². The number of piperazine rings is 1. The normalized spacial score (nSPS) is 26.6. The number of hydrogen-bond acceptors (Lipinski definition) is 4. The molecule has 0 bridgehead atoms. The molecule has 0 aliphatic carbocycles. The van der Waals surface area contributed by atoms with Gasteiger partial charge in [0.1, 0.15) is 0 Å². The van der Waals surface area contributed by atoms with E-state index in [0.29, 0.717) is 26.2 Å². The molecule has 120 valence electrons. The molecule has 2 aliphatic rings. The molecule has 2 rings (SSSR count). The van der Waals surface area contributed by atoms with Crippen LogP contribution in [-0.2, 0) is 9.53 Å². The van der Waals surface area contributed by atoms with E-state index in [0.717, 1.165) is 38.8 Å². The largest absolute Gasteiger partial charge is 0.453 e. The SMILES string of the molecule is CCCC1(C(=O)N2CCN(C(=O)OC)CC2)CCCNC1. The zero-order valence-electron chi connectivity index (χ0n) is 13.2. The maximum absolute atomic E-state index is 13.0. The molecule has 0 aromatic heterocycles. The topological polar surface area (TPSA) is 61.9 Å². The van der Waals surface area contributed by atoms with Crippen LogP contribution in [0.3, 0.4) is 0 Å². The Hall–Kier alpha value is -1.30. The van der Waals surface area contributed by atoms with Crippen molar-refractivity contribution in [3.05, 3.63) is 0 Å². The molecule has 1 atom stereocenters. The van der Waals surface area contributed by atoms with Gasteiger partial charge in [0.05, 0.1) is 12.5 Å². The van der Waals surface area contributed by atoms with Crippen molar-refractivity contribution in [2.45, 2.75) is 32.6 Å². The highest BCUT2D eigenvalue weighted by atomic mass is 16.5. The lowest BCUT2D eigenvalue weighted by atomic mass is 9.75. The third kappa shape index (κ3) is 3.48. The van der Waals surface area contributed by atoms with Gasteiger partial charge in [-0.1, -0.05) is 13.3 Å². The second kappa shape index (κ2) is 7.11. The van der Waals surface area contributed by atoms with Crippen molar-refractivity contribution in [3.63, 3.8) is 0 Å². The molecule has 0 radical (unpaired) electrons. The number of carbonyl (C=O) groups excluding carboxylic acids is 2. The van der Waals surface area contributed by atoms with Crippen LogP contribution in [-0.4, -0.2) is 68.2 Å². The summed E-state index contributed by atoms with van der Waals surface area (Å²) < 4.78 is 4.73. The van der Waals surface area contributed by atoms with Crippen molar-refractivity contribution in [2.24, 2.45) is 5.41 Å². The van der Waals surface area contributed by atoms with E-state index in [4.69, 9.17) is 4.74 Å². The summed E-state index contributed by atoms with van der Waals surface area (Å²) in [7, 11) is 1.39. The van der Waals surface area contributed by atoms with Gasteiger partial charge in [0.25, 0.3) is 0 Å². The van der Waals surface area contributed by atoms with Crippen molar-refractivity contribution in [1.29, 1.82) is 0 Å². The van der Waals surface area contributed by atoms with Crippen LogP contribution in [0.1, 0.15) is 32.6 Å². The number of hydrogen-bond donors (Lipinski definition) is 1. The van der Waals surface area contributed by atoms with Gasteiger partial charge in [0, 0.05) is 32.7 Å². The summed E-state index contributed by atoms with van der Waals surface area (Å²) in [5.74, 6) is 0.265. The van der Waals surface area contributed by atoms with Gasteiger partial charge in [0.15, 0.2) is 0 Å². The lowest BCUT2D eigenvalue weighted by molar-refractivity contribution is -0.145. The third-order valence-corrected chi connectivity index (χ3v) is 4.65. The Morgan fingerprint density at radius 3 is 2.38 bits per heavy atom. The molecule has 0 saturated carbocycles. The molecule has 0 aromatic rings. The first-order chi connectivity index (χ1) is 10.1. The Bertz CT molecular complexity index is 367. The van der Waals surface area contributed by atoms with E-state index in [1.807, 2.05) is 4.90 Å². The molecule has 2 saturated heterocycles. The zero-order valence-corrected chi connectivity index (χ0v) is 13.2. The van der Waals surface area contributed by atoms with Gasteiger partial charge in [0.2, 0.25) is 5.91 Å². The van der Waals surface area contributed by atoms with Crippen molar-refractivity contribution < 1.29 is 14.3 Å². The lowest BCUT2D eigenvalue weighted by Gasteiger charge is -2.42. The highest BCUT2D eigenvalue weighted by Crippen LogP contribution is 2.34. The van der Waals surface area contributed by atoms with Crippen molar-refractivity contribution in [1.82, 2.24) is 15.1 Å². The Labute approximate surface area is 126 Å². The highest BCUT2D eigenvalue weighted by molar-refractivity contribution is 5.83. The second-order valence-corrected chi connectivity index (χ2v) is 6.06. The van der Waals surface area contributed by atoms with Crippen LogP contribution in [0.5, 0.6) is 0 Å². The lowest BCUT2D eigenvalue weighted by Crippen LogP contribution is -2.57. The summed E-state index contributed by atoms with van der Waals surface area (Å²) in [6, 6.07) is 0. The monoisotopic (exact) mass is 297 g/mol. The molecule has 2 heterocycles. The van der Waals surface area contributed by atoms with Crippen LogP contribution >= 0.6 is 0 Å². The van der Waals surface area contributed by atoms with Gasteiger partial charge in [-0.15, -0.1) is 0 Å². The highest BCUT2D eigenvalue weighted by Gasteiger charge is 2.42. The Morgan fingerprint density at radius 2 is 1.86 bits per heavy atom. The standard InChI is InChI=1S/C15H27N3O3/c1-3-5-15(6-4-7-16-12-15)13(19)17-8-10-18(11-9-17)14(20)21-2/h16H,3-12H2,1-2H3. The number of rotatable bonds is 3. The fraction of sp³-hybridized carbons (Fsp3) is 0.867. The fourth-order valence-electron chi connectivity index (χ4n) is 3.51. The maximum atomic E-state index is 13.0. The Morgan fingerprint density at radius 1 is 1.19 bits per heavy atom. The average molecular weight is 297 g/mol. The van der Waals surface area contributed by atoms with E-state index in [2.05, 4.69) is 12.2 Å². The predicted molar refractivity (Wildman–Crippen MR) is 80.0 cm³/mol. The number of carbonyl (C=O) groups is 2. The molecule has 21 heavy (non-hydrogen) atoms. The first kappa shape index (κ1) is 16.1. The van der Waals surface area contributed by atoms with Crippen LogP contribution in [0.2, 0.25) is 0 Å². The van der Waals surface area contributed by atoms with Crippen molar-refractivity contribution in [2.75, 3.05) is 46.4 Å². The summed E-state index contributed by atoms with van der Waals surface area (Å²) in [5, 5.41) is 3.38. The molecule has 6 nitrogen and oxygen atoms in total. The molecule has 2 aliphatic heterocycles. The summed E-state index contributed by atoms with van der Waals surface area (Å²) in [5.41, 5.74) is -0.236. The minimum Gasteiger partial charge on any atom is -0.453 e. The molecule has 6 heteroatoms. The molecular weight excluding hydrogens is 270 g/mol. The first-order valence-electron chi connectivity index (χ1n) is 7.96. The van der Waals surface area contributed by atoms with Crippen LogP contribution in [0.4, 0.5) is 4.79 Å². The van der Waals surface area contributed by atoms with Crippen LogP contribution < -0.4 is 5.32 Å². The number of nitrogens with one attached hydrogen (secondary N) is 1. The van der Waals surface area contributed by atoms with Gasteiger partial charge in [-0.3, -0.25) is 4.79 Å². The van der Waals surface area contributed by atoms with E-state index in [9.17, 15) is 9.59 Å². The number of piperidine rings is 1. The van der Waals surface area contributed by atoms with Crippen LogP contribution in [0.25, 0.3) is 0 Å². The van der Waals surface area contributed by atoms with Crippen LogP contribution in [0, 0.1) is 5.41 Å². The Kier molecular flexibility index (Phi) is 5.45. The van der Waals surface area contributed by atoms with Gasteiger partial charge < -0.3 is 19.9 Å². The predicted octanol–water partition coefficient (Wildman–Crippen LogP) is 1.07. The summed E-state index contributed by atoms with van der Waals surface area (Å²) >= 11 is 0. The van der Waals surface area contributed by atoms with Gasteiger partial charge >= 0.3 is 6.09 Å². The van der Waals surface area contributed by atoms with Crippen LogP contribution in [0.15, 0.2) is 0 Å². The smallest absolute Gasteiger partial charge is 0.409 e. The molecule has 1 N–H and O–H groups in total. The summed E-state index contributed by atoms with van der Waals surface area (Å²) in [4.78, 5) is 28.1. The molecule has 0 aromatic carbocycles. The molecular formula is C15H27N3O3. The number of ether oxygens (including phenoxy) is 1. The Balaban J connectivity index is 1.97. The van der Waals surface area contributed by atoms with Crippen molar-refractivity contribution >= 4 is 12.0 Å². The summed E-state index contributed by atoms with van der Waals surface area (Å²) in [6.45, 7) is 6.28.